The van der Waals surface area contributed by atoms with Crippen molar-refractivity contribution in [3.8, 4) is 11.4 Å². The fraction of sp³-hybridized carbons (Fsp3) is 0.280. The fourth-order valence-electron chi connectivity index (χ4n) is 4.20. The molecule has 1 aromatic carbocycles. The van der Waals surface area contributed by atoms with E-state index in [1.165, 1.54) is 12.1 Å². The molecule has 4 aromatic rings. The van der Waals surface area contributed by atoms with Crippen LogP contribution in [0.5, 0.6) is 0 Å². The Morgan fingerprint density at radius 3 is 2.47 bits per heavy atom. The van der Waals surface area contributed by atoms with E-state index in [1.807, 2.05) is 29.2 Å². The molecule has 0 aliphatic carbocycles. The Hall–Kier alpha value is -3.85. The second-order valence-electron chi connectivity index (χ2n) is 8.28. The number of nitrogens with zero attached hydrogens (tertiary/aromatic N) is 6. The number of hydrogen-bond donors (Lipinski definition) is 1. The number of piperazine rings is 1. The maximum Gasteiger partial charge on any atom is 0.317 e. The van der Waals surface area contributed by atoms with Gasteiger partial charge in [0.2, 0.25) is 0 Å². The van der Waals surface area contributed by atoms with Gasteiger partial charge in [-0.3, -0.25) is 9.88 Å². The second-order valence-corrected chi connectivity index (χ2v) is 8.28. The van der Waals surface area contributed by atoms with Crippen molar-refractivity contribution in [2.75, 3.05) is 32.7 Å². The number of carbonyl (C=O) groups excluding carboxylic acids is 1. The Morgan fingerprint density at radius 1 is 0.941 bits per heavy atom. The van der Waals surface area contributed by atoms with Crippen LogP contribution in [-0.4, -0.2) is 68.1 Å². The first-order valence-electron chi connectivity index (χ1n) is 11.4. The third-order valence-corrected chi connectivity index (χ3v) is 6.10. The number of benzene rings is 1. The van der Waals surface area contributed by atoms with Crippen LogP contribution in [0.2, 0.25) is 0 Å². The number of hydrogen-bond acceptors (Lipinski definition) is 5. The van der Waals surface area contributed by atoms with E-state index in [1.54, 1.807) is 30.7 Å². The van der Waals surface area contributed by atoms with Crippen molar-refractivity contribution in [3.63, 3.8) is 0 Å². The molecule has 8 nitrogen and oxygen atoms in total. The summed E-state index contributed by atoms with van der Waals surface area (Å²) >= 11 is 0. The molecule has 0 spiro atoms. The van der Waals surface area contributed by atoms with Crippen molar-refractivity contribution in [2.24, 2.45) is 0 Å². The van der Waals surface area contributed by atoms with Gasteiger partial charge in [0.05, 0.1) is 0 Å². The topological polar surface area (TPSA) is 79.2 Å². The SMILES string of the molecule is O=C(NCc1ccc(F)cc1)N1CCN(CCn2c(-c3ccncc3)nc3cccnc32)CC1. The smallest absolute Gasteiger partial charge is 0.317 e. The van der Waals surface area contributed by atoms with Gasteiger partial charge in [-0.05, 0) is 42.0 Å². The summed E-state index contributed by atoms with van der Waals surface area (Å²) in [4.78, 5) is 30.2. The lowest BCUT2D eigenvalue weighted by Crippen LogP contribution is -2.52. The molecule has 3 aromatic heterocycles. The molecule has 0 radical (unpaired) electrons. The average molecular weight is 460 g/mol. The van der Waals surface area contributed by atoms with Gasteiger partial charge in [0.25, 0.3) is 0 Å². The average Bonchev–Trinajstić information content (AvgIpc) is 3.26. The van der Waals surface area contributed by atoms with Crippen LogP contribution in [0.15, 0.2) is 67.1 Å². The first-order chi connectivity index (χ1) is 16.7. The Bertz CT molecular complexity index is 1250. The number of urea groups is 1. The van der Waals surface area contributed by atoms with Gasteiger partial charge < -0.3 is 14.8 Å². The molecule has 0 atom stereocenters. The molecule has 1 fully saturated rings. The number of imidazole rings is 1. The number of fused-ring (bicyclic) bond motifs is 1. The molecule has 0 saturated carbocycles. The van der Waals surface area contributed by atoms with E-state index in [2.05, 4.69) is 24.8 Å². The van der Waals surface area contributed by atoms with Crippen molar-refractivity contribution in [3.05, 3.63) is 78.5 Å². The van der Waals surface area contributed by atoms with Gasteiger partial charge in [0.1, 0.15) is 17.2 Å². The summed E-state index contributed by atoms with van der Waals surface area (Å²) in [5.74, 6) is 0.605. The molecule has 34 heavy (non-hydrogen) atoms. The minimum Gasteiger partial charge on any atom is -0.334 e. The van der Waals surface area contributed by atoms with Crippen molar-refractivity contribution in [1.29, 1.82) is 0 Å². The number of aromatic nitrogens is 4. The highest BCUT2D eigenvalue weighted by Crippen LogP contribution is 2.23. The third-order valence-electron chi connectivity index (χ3n) is 6.10. The molecule has 0 unspecified atom stereocenters. The summed E-state index contributed by atoms with van der Waals surface area (Å²) in [6.45, 7) is 4.90. The van der Waals surface area contributed by atoms with Crippen LogP contribution < -0.4 is 5.32 Å². The normalized spacial score (nSPS) is 14.4. The van der Waals surface area contributed by atoms with Gasteiger partial charge in [0.15, 0.2) is 5.65 Å². The number of rotatable bonds is 6. The van der Waals surface area contributed by atoms with E-state index in [9.17, 15) is 9.18 Å². The van der Waals surface area contributed by atoms with Gasteiger partial charge in [-0.15, -0.1) is 0 Å². The van der Waals surface area contributed by atoms with Crippen LogP contribution in [0, 0.1) is 5.82 Å². The maximum absolute atomic E-state index is 13.0. The third kappa shape index (κ3) is 4.89. The highest BCUT2D eigenvalue weighted by molar-refractivity contribution is 5.77. The standard InChI is InChI=1S/C25H26FN7O/c26-21-5-3-19(4-6-21)18-29-25(34)32-15-12-31(13-16-32)14-17-33-23(20-7-10-27-11-8-20)30-22-2-1-9-28-24(22)33/h1-11H,12-18H2,(H,29,34). The Balaban J connectivity index is 1.17. The van der Waals surface area contributed by atoms with Gasteiger partial charge in [-0.2, -0.15) is 0 Å². The van der Waals surface area contributed by atoms with Gasteiger partial charge in [-0.1, -0.05) is 12.1 Å². The lowest BCUT2D eigenvalue weighted by molar-refractivity contribution is 0.137. The van der Waals surface area contributed by atoms with E-state index >= 15 is 0 Å². The van der Waals surface area contributed by atoms with Crippen LogP contribution in [0.3, 0.4) is 0 Å². The molecule has 5 rings (SSSR count). The molecule has 9 heteroatoms. The van der Waals surface area contributed by atoms with Crippen molar-refractivity contribution >= 4 is 17.2 Å². The molecule has 1 aliphatic rings. The largest absolute Gasteiger partial charge is 0.334 e. The molecular formula is C25H26FN7O. The molecule has 1 N–H and O–H groups in total. The van der Waals surface area contributed by atoms with Crippen LogP contribution >= 0.6 is 0 Å². The minimum atomic E-state index is -0.279. The predicted molar refractivity (Wildman–Crippen MR) is 127 cm³/mol. The summed E-state index contributed by atoms with van der Waals surface area (Å²) in [6, 6.07) is 13.9. The number of amides is 2. The summed E-state index contributed by atoms with van der Waals surface area (Å²) in [7, 11) is 0. The van der Waals surface area contributed by atoms with Gasteiger partial charge >= 0.3 is 6.03 Å². The summed E-state index contributed by atoms with van der Waals surface area (Å²) in [5.41, 5.74) is 3.63. The highest BCUT2D eigenvalue weighted by Gasteiger charge is 2.21. The quantitative estimate of drug-likeness (QED) is 0.479. The van der Waals surface area contributed by atoms with Crippen LogP contribution in [0.25, 0.3) is 22.6 Å². The monoisotopic (exact) mass is 459 g/mol. The van der Waals surface area contributed by atoms with E-state index in [0.717, 1.165) is 54.3 Å². The minimum absolute atomic E-state index is 0.0891. The summed E-state index contributed by atoms with van der Waals surface area (Å²) in [5, 5.41) is 2.92. The highest BCUT2D eigenvalue weighted by atomic mass is 19.1. The van der Waals surface area contributed by atoms with Crippen molar-refractivity contribution < 1.29 is 9.18 Å². The number of pyridine rings is 2. The first kappa shape index (κ1) is 22.0. The molecular weight excluding hydrogens is 433 g/mol. The van der Waals surface area contributed by atoms with Crippen LogP contribution in [0.4, 0.5) is 9.18 Å². The Kier molecular flexibility index (Phi) is 6.44. The van der Waals surface area contributed by atoms with Crippen molar-refractivity contribution in [1.82, 2.24) is 34.6 Å². The molecule has 4 heterocycles. The van der Waals surface area contributed by atoms with E-state index < -0.39 is 0 Å². The van der Waals surface area contributed by atoms with Gasteiger partial charge in [0, 0.05) is 70.0 Å². The number of carbonyl (C=O) groups is 1. The second kappa shape index (κ2) is 9.96. The first-order valence-corrected chi connectivity index (χ1v) is 11.4. The molecule has 1 aliphatic heterocycles. The lowest BCUT2D eigenvalue weighted by Gasteiger charge is -2.34. The Labute approximate surface area is 197 Å². The Morgan fingerprint density at radius 2 is 1.71 bits per heavy atom. The summed E-state index contributed by atoms with van der Waals surface area (Å²) in [6.07, 6.45) is 5.33. The van der Waals surface area contributed by atoms with E-state index in [-0.39, 0.29) is 11.8 Å². The van der Waals surface area contributed by atoms with Crippen molar-refractivity contribution in [2.45, 2.75) is 13.1 Å². The predicted octanol–water partition coefficient (Wildman–Crippen LogP) is 3.16. The molecule has 1 saturated heterocycles. The zero-order chi connectivity index (χ0) is 23.3. The zero-order valence-corrected chi connectivity index (χ0v) is 18.8. The summed E-state index contributed by atoms with van der Waals surface area (Å²) < 4.78 is 15.2. The van der Waals surface area contributed by atoms with Gasteiger partial charge in [-0.25, -0.2) is 19.2 Å². The number of halogens is 1. The fourth-order valence-corrected chi connectivity index (χ4v) is 4.20. The zero-order valence-electron chi connectivity index (χ0n) is 18.8. The van der Waals surface area contributed by atoms with E-state index in [0.29, 0.717) is 19.6 Å². The molecule has 0 bridgehead atoms. The number of nitrogens with one attached hydrogen (secondary N) is 1. The van der Waals surface area contributed by atoms with Crippen LogP contribution in [0.1, 0.15) is 5.56 Å². The molecule has 174 valence electrons. The van der Waals surface area contributed by atoms with E-state index in [4.69, 9.17) is 4.98 Å². The van der Waals surface area contributed by atoms with Crippen LogP contribution in [-0.2, 0) is 13.1 Å². The molecule has 2 amide bonds. The maximum atomic E-state index is 13.0. The lowest BCUT2D eigenvalue weighted by atomic mass is 10.2.